The second-order valence-electron chi connectivity index (χ2n) is 7.67. The first-order valence-corrected chi connectivity index (χ1v) is 11.5. The Morgan fingerprint density at radius 1 is 1.22 bits per heavy atom. The van der Waals surface area contributed by atoms with E-state index in [-0.39, 0.29) is 12.1 Å². The van der Waals surface area contributed by atoms with Crippen LogP contribution in [-0.2, 0) is 11.3 Å². The molecule has 1 amide bonds. The zero-order valence-electron chi connectivity index (χ0n) is 19.9. The fourth-order valence-corrected chi connectivity index (χ4v) is 3.61. The van der Waals surface area contributed by atoms with E-state index in [2.05, 4.69) is 29.1 Å². The van der Waals surface area contributed by atoms with Gasteiger partial charge >= 0.3 is 6.09 Å². The zero-order chi connectivity index (χ0) is 23.3. The quantitative estimate of drug-likeness (QED) is 0.395. The van der Waals surface area contributed by atoms with Crippen molar-refractivity contribution >= 4 is 12.1 Å². The van der Waals surface area contributed by atoms with Crippen LogP contribution in [0.5, 0.6) is 11.5 Å². The van der Waals surface area contributed by atoms with Crippen molar-refractivity contribution in [2.24, 2.45) is 10.7 Å². The van der Waals surface area contributed by atoms with E-state index < -0.39 is 0 Å². The van der Waals surface area contributed by atoms with E-state index >= 15 is 0 Å². The Kier molecular flexibility index (Phi) is 10.9. The molecule has 0 bridgehead atoms. The maximum absolute atomic E-state index is 11.8. The third kappa shape index (κ3) is 8.11. The number of amides is 1. The normalized spacial score (nSPS) is 15.0. The van der Waals surface area contributed by atoms with E-state index in [1.807, 2.05) is 25.1 Å². The lowest BCUT2D eigenvalue weighted by molar-refractivity contribution is 0.0963. The smallest absolute Gasteiger partial charge is 0.409 e. The lowest BCUT2D eigenvalue weighted by Gasteiger charge is -2.31. The summed E-state index contributed by atoms with van der Waals surface area (Å²) in [7, 11) is 1.64. The standard InChI is InChI=1S/C23H39N5O4/c1-5-27(6-2)14-15-32-20-9-8-18(16-21(20)30-4)17-25-22(24)26-19-10-12-28(13-11-19)23(29)31-7-3/h8-9,16,19H,5-7,10-15,17H2,1-4H3,(H3,24,25,26). The molecule has 1 aromatic rings. The molecule has 0 saturated carbocycles. The number of carbonyl (C=O) groups excluding carboxylic acids is 1. The van der Waals surface area contributed by atoms with Crippen LogP contribution in [0.4, 0.5) is 4.79 Å². The molecule has 0 spiro atoms. The molecule has 9 nitrogen and oxygen atoms in total. The van der Waals surface area contributed by atoms with Crippen LogP contribution in [-0.4, -0.2) is 80.9 Å². The molecule has 1 saturated heterocycles. The lowest BCUT2D eigenvalue weighted by Crippen LogP contribution is -2.48. The molecule has 1 fully saturated rings. The number of nitrogens with zero attached hydrogens (tertiary/aromatic N) is 3. The van der Waals surface area contributed by atoms with Gasteiger partial charge in [-0.15, -0.1) is 0 Å². The van der Waals surface area contributed by atoms with Crippen LogP contribution in [0.1, 0.15) is 39.2 Å². The van der Waals surface area contributed by atoms with Gasteiger partial charge in [-0.05, 0) is 50.6 Å². The molecule has 1 aliphatic rings. The predicted octanol–water partition coefficient (Wildman–Crippen LogP) is 2.44. The van der Waals surface area contributed by atoms with Crippen molar-refractivity contribution in [3.63, 3.8) is 0 Å². The molecule has 0 atom stereocenters. The predicted molar refractivity (Wildman–Crippen MR) is 126 cm³/mol. The molecule has 1 heterocycles. The molecule has 3 N–H and O–H groups in total. The number of hydrogen-bond acceptors (Lipinski definition) is 6. The van der Waals surface area contributed by atoms with Crippen LogP contribution < -0.4 is 20.5 Å². The van der Waals surface area contributed by atoms with E-state index in [1.54, 1.807) is 12.0 Å². The van der Waals surface area contributed by atoms with E-state index in [9.17, 15) is 4.79 Å². The Hall–Kier alpha value is -2.68. The van der Waals surface area contributed by atoms with Gasteiger partial charge in [-0.25, -0.2) is 9.79 Å². The molecule has 9 heteroatoms. The third-order valence-electron chi connectivity index (χ3n) is 5.59. The van der Waals surface area contributed by atoms with Gasteiger partial charge in [0.2, 0.25) is 0 Å². The van der Waals surface area contributed by atoms with Gasteiger partial charge in [0.25, 0.3) is 0 Å². The van der Waals surface area contributed by atoms with Gasteiger partial charge < -0.3 is 35.1 Å². The highest BCUT2D eigenvalue weighted by molar-refractivity contribution is 5.78. The van der Waals surface area contributed by atoms with Crippen molar-refractivity contribution in [3.8, 4) is 11.5 Å². The Morgan fingerprint density at radius 2 is 1.94 bits per heavy atom. The fraction of sp³-hybridized carbons (Fsp3) is 0.652. The van der Waals surface area contributed by atoms with Crippen molar-refractivity contribution in [2.45, 2.75) is 46.2 Å². The van der Waals surface area contributed by atoms with E-state index in [1.165, 1.54) is 0 Å². The minimum atomic E-state index is -0.248. The molecule has 180 valence electrons. The number of nitrogens with one attached hydrogen (secondary N) is 1. The minimum absolute atomic E-state index is 0.195. The average molecular weight is 450 g/mol. The number of likely N-dealkylation sites (tertiary alicyclic amines) is 1. The molecule has 2 rings (SSSR count). The van der Waals surface area contributed by atoms with Crippen LogP contribution in [0.2, 0.25) is 0 Å². The first-order chi connectivity index (χ1) is 15.5. The van der Waals surface area contributed by atoms with E-state index in [4.69, 9.17) is 19.9 Å². The van der Waals surface area contributed by atoms with Crippen molar-refractivity contribution in [3.05, 3.63) is 23.8 Å². The first-order valence-electron chi connectivity index (χ1n) is 11.5. The number of ether oxygens (including phenoxy) is 3. The second kappa shape index (κ2) is 13.7. The Bertz CT molecular complexity index is 731. The summed E-state index contributed by atoms with van der Waals surface area (Å²) in [5.41, 5.74) is 7.07. The van der Waals surface area contributed by atoms with Crippen LogP contribution >= 0.6 is 0 Å². The highest BCUT2D eigenvalue weighted by Crippen LogP contribution is 2.28. The lowest BCUT2D eigenvalue weighted by atomic mass is 10.1. The topological polar surface area (TPSA) is 102 Å². The van der Waals surface area contributed by atoms with Gasteiger partial charge in [0.1, 0.15) is 6.61 Å². The Balaban J connectivity index is 1.82. The summed E-state index contributed by atoms with van der Waals surface area (Å²) in [5.74, 6) is 1.82. The number of methoxy groups -OCH3 is 1. The largest absolute Gasteiger partial charge is 0.493 e. The third-order valence-corrected chi connectivity index (χ3v) is 5.59. The van der Waals surface area contributed by atoms with Crippen LogP contribution in [0.25, 0.3) is 0 Å². The Morgan fingerprint density at radius 3 is 2.56 bits per heavy atom. The van der Waals surface area contributed by atoms with Crippen LogP contribution in [0, 0.1) is 0 Å². The number of likely N-dealkylation sites (N-methyl/N-ethyl adjacent to an activating group) is 1. The number of nitrogens with two attached hydrogens (primary N) is 1. The highest BCUT2D eigenvalue weighted by Gasteiger charge is 2.23. The maximum atomic E-state index is 11.8. The molecule has 0 aliphatic carbocycles. The van der Waals surface area contributed by atoms with Gasteiger partial charge in [-0.2, -0.15) is 0 Å². The monoisotopic (exact) mass is 449 g/mol. The summed E-state index contributed by atoms with van der Waals surface area (Å²) in [6.07, 6.45) is 1.37. The van der Waals surface area contributed by atoms with Crippen molar-refractivity contribution < 1.29 is 19.0 Å². The van der Waals surface area contributed by atoms with E-state index in [0.29, 0.717) is 44.6 Å². The fourth-order valence-electron chi connectivity index (χ4n) is 3.61. The molecule has 1 aromatic carbocycles. The summed E-state index contributed by atoms with van der Waals surface area (Å²) in [5, 5.41) is 3.26. The molecule has 0 unspecified atom stereocenters. The van der Waals surface area contributed by atoms with Crippen LogP contribution in [0.3, 0.4) is 0 Å². The molecular weight excluding hydrogens is 410 g/mol. The summed E-state index contributed by atoms with van der Waals surface area (Å²) in [4.78, 5) is 20.3. The summed E-state index contributed by atoms with van der Waals surface area (Å²) in [6, 6.07) is 6.02. The summed E-state index contributed by atoms with van der Waals surface area (Å²) >= 11 is 0. The van der Waals surface area contributed by atoms with Crippen molar-refractivity contribution in [1.29, 1.82) is 0 Å². The SMILES string of the molecule is CCOC(=O)N1CCC(NC(N)=NCc2ccc(OCCN(CC)CC)c(OC)c2)CC1. The molecule has 1 aliphatic heterocycles. The number of benzene rings is 1. The molecule has 0 aromatic heterocycles. The van der Waals surface area contributed by atoms with E-state index in [0.717, 1.165) is 43.8 Å². The summed E-state index contributed by atoms with van der Waals surface area (Å²) < 4.78 is 16.5. The number of hydrogen-bond donors (Lipinski definition) is 2. The maximum Gasteiger partial charge on any atom is 0.409 e. The number of aliphatic imine (C=N–C) groups is 1. The minimum Gasteiger partial charge on any atom is -0.493 e. The van der Waals surface area contributed by atoms with Crippen molar-refractivity contribution in [2.75, 3.05) is 53.0 Å². The van der Waals surface area contributed by atoms with Gasteiger partial charge in [-0.3, -0.25) is 0 Å². The van der Waals surface area contributed by atoms with Crippen LogP contribution in [0.15, 0.2) is 23.2 Å². The number of carbonyl (C=O) groups is 1. The van der Waals surface area contributed by atoms with Gasteiger partial charge in [0.05, 0.1) is 20.3 Å². The molecular formula is C23H39N5O4. The molecule has 32 heavy (non-hydrogen) atoms. The first kappa shape index (κ1) is 25.6. The summed E-state index contributed by atoms with van der Waals surface area (Å²) in [6.45, 7) is 11.7. The van der Waals surface area contributed by atoms with Crippen molar-refractivity contribution in [1.82, 2.24) is 15.1 Å². The van der Waals surface area contributed by atoms with Gasteiger partial charge in [0.15, 0.2) is 17.5 Å². The van der Waals surface area contributed by atoms with Gasteiger partial charge in [-0.1, -0.05) is 19.9 Å². The Labute approximate surface area is 191 Å². The second-order valence-corrected chi connectivity index (χ2v) is 7.67. The number of rotatable bonds is 11. The number of guanidine groups is 1. The molecule has 0 radical (unpaired) electrons. The average Bonchev–Trinajstić information content (AvgIpc) is 2.81. The van der Waals surface area contributed by atoms with Gasteiger partial charge in [0, 0.05) is 25.7 Å². The zero-order valence-corrected chi connectivity index (χ0v) is 19.9. The highest BCUT2D eigenvalue weighted by atomic mass is 16.6. The number of piperidine rings is 1.